The Bertz CT molecular complexity index is 469. The highest BCUT2D eigenvalue weighted by Crippen LogP contribution is 2.35. The van der Waals surface area contributed by atoms with Crippen molar-refractivity contribution in [1.82, 2.24) is 0 Å². The molecule has 0 radical (unpaired) electrons. The Hall–Kier alpha value is -2.24. The number of hydrogen-bond acceptors (Lipinski definition) is 5. The smallest absolute Gasteiger partial charge is 0.341 e. The van der Waals surface area contributed by atoms with Crippen LogP contribution in [0.4, 0.5) is 5.69 Å². The summed E-state index contributed by atoms with van der Waals surface area (Å²) in [7, 11) is 1.22. The van der Waals surface area contributed by atoms with E-state index in [2.05, 4.69) is 10.1 Å². The Labute approximate surface area is 90.8 Å². The van der Waals surface area contributed by atoms with E-state index < -0.39 is 5.97 Å². The van der Waals surface area contributed by atoms with E-state index in [4.69, 9.17) is 4.74 Å². The van der Waals surface area contributed by atoms with Gasteiger partial charge in [-0.2, -0.15) is 0 Å². The van der Waals surface area contributed by atoms with Gasteiger partial charge in [-0.15, -0.1) is 0 Å². The Balaban J connectivity index is 2.54. The Kier molecular flexibility index (Phi) is 2.40. The molecule has 1 amide bonds. The SMILES string of the molecule is COC(=O)c1cc(O)cc2c1OCC(=O)N2. The van der Waals surface area contributed by atoms with Crippen LogP contribution in [0.15, 0.2) is 12.1 Å². The number of benzene rings is 1. The second-order valence-electron chi connectivity index (χ2n) is 3.20. The lowest BCUT2D eigenvalue weighted by molar-refractivity contribution is -0.118. The molecule has 0 saturated heterocycles. The second kappa shape index (κ2) is 3.73. The summed E-state index contributed by atoms with van der Waals surface area (Å²) in [5.41, 5.74) is 0.342. The molecule has 0 unspecified atom stereocenters. The third-order valence-electron chi connectivity index (χ3n) is 2.10. The molecule has 2 rings (SSSR count). The number of phenolic OH excluding ortho intramolecular Hbond substituents is 1. The van der Waals surface area contributed by atoms with E-state index in [1.165, 1.54) is 19.2 Å². The topological polar surface area (TPSA) is 84.9 Å². The lowest BCUT2D eigenvalue weighted by Gasteiger charge is -2.20. The van der Waals surface area contributed by atoms with Crippen molar-refractivity contribution in [1.29, 1.82) is 0 Å². The third kappa shape index (κ3) is 1.65. The number of aromatic hydroxyl groups is 1. The van der Waals surface area contributed by atoms with Crippen molar-refractivity contribution in [3.05, 3.63) is 17.7 Å². The van der Waals surface area contributed by atoms with Crippen LogP contribution in [0.1, 0.15) is 10.4 Å². The number of ether oxygens (including phenoxy) is 2. The van der Waals surface area contributed by atoms with Gasteiger partial charge in [0.15, 0.2) is 12.4 Å². The highest BCUT2D eigenvalue weighted by molar-refractivity contribution is 6.01. The number of fused-ring (bicyclic) bond motifs is 1. The predicted octanol–water partition coefficient (Wildman–Crippen LogP) is 0.510. The number of rotatable bonds is 1. The normalized spacial score (nSPS) is 13.4. The van der Waals surface area contributed by atoms with Crippen LogP contribution in [-0.4, -0.2) is 30.7 Å². The van der Waals surface area contributed by atoms with Crippen molar-refractivity contribution in [2.45, 2.75) is 0 Å². The number of anilines is 1. The zero-order valence-electron chi connectivity index (χ0n) is 8.44. The van der Waals surface area contributed by atoms with Crippen LogP contribution in [0.3, 0.4) is 0 Å². The van der Waals surface area contributed by atoms with Crippen LogP contribution >= 0.6 is 0 Å². The average molecular weight is 223 g/mol. The standard InChI is InChI=1S/C10H9NO5/c1-15-10(14)6-2-5(12)3-7-9(6)16-4-8(13)11-7/h2-3,12H,4H2,1H3,(H,11,13). The van der Waals surface area contributed by atoms with Gasteiger partial charge in [0.1, 0.15) is 11.3 Å². The fraction of sp³-hybridized carbons (Fsp3) is 0.200. The number of carbonyl (C=O) groups excluding carboxylic acids is 2. The lowest BCUT2D eigenvalue weighted by Crippen LogP contribution is -2.26. The fourth-order valence-electron chi connectivity index (χ4n) is 1.45. The second-order valence-corrected chi connectivity index (χ2v) is 3.20. The summed E-state index contributed by atoms with van der Waals surface area (Å²) in [6.07, 6.45) is 0. The minimum absolute atomic E-state index is 0.0810. The van der Waals surface area contributed by atoms with Gasteiger partial charge in [-0.3, -0.25) is 4.79 Å². The molecule has 6 heteroatoms. The van der Waals surface area contributed by atoms with Crippen LogP contribution in [0.5, 0.6) is 11.5 Å². The number of amides is 1. The Morgan fingerprint density at radius 1 is 1.56 bits per heavy atom. The van der Waals surface area contributed by atoms with Crippen LogP contribution < -0.4 is 10.1 Å². The monoisotopic (exact) mass is 223 g/mol. The fourth-order valence-corrected chi connectivity index (χ4v) is 1.45. The van der Waals surface area contributed by atoms with Crippen LogP contribution in [0.25, 0.3) is 0 Å². The molecule has 0 aromatic heterocycles. The number of nitrogens with one attached hydrogen (secondary N) is 1. The lowest BCUT2D eigenvalue weighted by atomic mass is 10.1. The molecular formula is C10H9NO5. The minimum atomic E-state index is -0.636. The van der Waals surface area contributed by atoms with Gasteiger partial charge in [0.05, 0.1) is 12.8 Å². The van der Waals surface area contributed by atoms with Crippen molar-refractivity contribution < 1.29 is 24.2 Å². The molecule has 1 aliphatic rings. The van der Waals surface area contributed by atoms with E-state index in [1.807, 2.05) is 0 Å². The summed E-state index contributed by atoms with van der Waals surface area (Å²) >= 11 is 0. The minimum Gasteiger partial charge on any atom is -0.508 e. The van der Waals surface area contributed by atoms with Gasteiger partial charge in [0, 0.05) is 6.07 Å². The maximum absolute atomic E-state index is 11.4. The molecule has 0 bridgehead atoms. The molecule has 1 aromatic rings. The first-order valence-corrected chi connectivity index (χ1v) is 4.50. The van der Waals surface area contributed by atoms with E-state index in [9.17, 15) is 14.7 Å². The van der Waals surface area contributed by atoms with Crippen molar-refractivity contribution in [3.63, 3.8) is 0 Å². The van der Waals surface area contributed by atoms with Crippen LogP contribution in [0, 0.1) is 0 Å². The summed E-state index contributed by atoms with van der Waals surface area (Å²) in [5, 5.41) is 11.9. The van der Waals surface area contributed by atoms with E-state index in [1.54, 1.807) is 0 Å². The van der Waals surface area contributed by atoms with Gasteiger partial charge in [-0.25, -0.2) is 4.79 Å². The van der Waals surface area contributed by atoms with Gasteiger partial charge in [-0.1, -0.05) is 0 Å². The van der Waals surface area contributed by atoms with E-state index >= 15 is 0 Å². The molecule has 0 atom stereocenters. The molecule has 0 saturated carbocycles. The number of hydrogen-bond donors (Lipinski definition) is 2. The van der Waals surface area contributed by atoms with E-state index in [0.717, 1.165) is 0 Å². The molecule has 1 heterocycles. The number of carbonyl (C=O) groups is 2. The molecule has 16 heavy (non-hydrogen) atoms. The van der Waals surface area contributed by atoms with Gasteiger partial charge in [0.25, 0.3) is 5.91 Å². The van der Waals surface area contributed by atoms with E-state index in [0.29, 0.717) is 0 Å². The van der Waals surface area contributed by atoms with Crippen molar-refractivity contribution in [2.24, 2.45) is 0 Å². The van der Waals surface area contributed by atoms with Gasteiger partial charge in [0.2, 0.25) is 0 Å². The zero-order valence-corrected chi connectivity index (χ0v) is 8.44. The molecule has 2 N–H and O–H groups in total. The van der Waals surface area contributed by atoms with Gasteiger partial charge < -0.3 is 19.9 Å². The highest BCUT2D eigenvalue weighted by Gasteiger charge is 2.24. The summed E-state index contributed by atoms with van der Waals surface area (Å²) in [6, 6.07) is 2.53. The third-order valence-corrected chi connectivity index (χ3v) is 2.10. The molecule has 0 spiro atoms. The quantitative estimate of drug-likeness (QED) is 0.677. The summed E-state index contributed by atoms with van der Waals surface area (Å²) < 4.78 is 9.66. The van der Waals surface area contributed by atoms with Crippen LogP contribution in [-0.2, 0) is 9.53 Å². The van der Waals surface area contributed by atoms with E-state index in [-0.39, 0.29) is 35.3 Å². The maximum Gasteiger partial charge on any atom is 0.341 e. The molecule has 1 aliphatic heterocycles. The number of phenols is 1. The van der Waals surface area contributed by atoms with Gasteiger partial charge in [-0.05, 0) is 6.07 Å². The molecule has 0 aliphatic carbocycles. The Morgan fingerprint density at radius 3 is 3.00 bits per heavy atom. The largest absolute Gasteiger partial charge is 0.508 e. The van der Waals surface area contributed by atoms with Crippen LogP contribution in [0.2, 0.25) is 0 Å². The summed E-state index contributed by atoms with van der Waals surface area (Å²) in [5.74, 6) is -0.911. The first kappa shape index (κ1) is 10.3. The molecule has 6 nitrogen and oxygen atoms in total. The van der Waals surface area contributed by atoms with Crippen molar-refractivity contribution in [3.8, 4) is 11.5 Å². The van der Waals surface area contributed by atoms with Crippen molar-refractivity contribution in [2.75, 3.05) is 19.0 Å². The predicted molar refractivity (Wildman–Crippen MR) is 53.6 cm³/mol. The molecular weight excluding hydrogens is 214 g/mol. The first-order chi connectivity index (χ1) is 7.61. The summed E-state index contributed by atoms with van der Waals surface area (Å²) in [6.45, 7) is -0.165. The number of esters is 1. The molecule has 1 aromatic carbocycles. The maximum atomic E-state index is 11.4. The van der Waals surface area contributed by atoms with Gasteiger partial charge >= 0.3 is 5.97 Å². The Morgan fingerprint density at radius 2 is 2.31 bits per heavy atom. The zero-order chi connectivity index (χ0) is 11.7. The number of methoxy groups -OCH3 is 1. The molecule has 84 valence electrons. The average Bonchev–Trinajstić information content (AvgIpc) is 2.26. The summed E-state index contributed by atoms with van der Waals surface area (Å²) in [4.78, 5) is 22.4. The highest BCUT2D eigenvalue weighted by atomic mass is 16.5. The molecule has 0 fully saturated rings. The van der Waals surface area contributed by atoms with Crippen molar-refractivity contribution >= 4 is 17.6 Å². The first-order valence-electron chi connectivity index (χ1n) is 4.50.